The number of benzene rings is 4. The van der Waals surface area contributed by atoms with Crippen molar-refractivity contribution in [1.29, 1.82) is 0 Å². The number of para-hydroxylation sites is 1. The number of hydrogen-bond acceptors (Lipinski definition) is 1. The maximum Gasteiger partial charge on any atom is 0.0540 e. The number of hydrogen-bond donors (Lipinski definition) is 0. The van der Waals surface area contributed by atoms with E-state index in [-0.39, 0.29) is 0 Å². The molecule has 1 nitrogen and oxygen atoms in total. The van der Waals surface area contributed by atoms with E-state index in [1.54, 1.807) is 0 Å². The summed E-state index contributed by atoms with van der Waals surface area (Å²) in [6, 6.07) is 34.2. The fourth-order valence-electron chi connectivity index (χ4n) is 3.00. The zero-order valence-corrected chi connectivity index (χ0v) is 15.2. The fraction of sp³-hybridized carbons (Fsp3) is 0. The molecule has 0 radical (unpaired) electrons. The predicted octanol–water partition coefficient (Wildman–Crippen LogP) is 6.91. The fourth-order valence-corrected chi connectivity index (χ4v) is 3.36. The zero-order chi connectivity index (χ0) is 16.4. The molecule has 4 aromatic carbocycles. The molecule has 0 fully saturated rings. The summed E-state index contributed by atoms with van der Waals surface area (Å²) in [5.74, 6) is 0. The van der Waals surface area contributed by atoms with E-state index < -0.39 is 0 Å². The van der Waals surface area contributed by atoms with Crippen molar-refractivity contribution in [2.24, 2.45) is 0 Å². The van der Waals surface area contributed by atoms with Gasteiger partial charge in [0.15, 0.2) is 0 Å². The normalized spacial score (nSPS) is 10.7. The van der Waals surface area contributed by atoms with Crippen LogP contribution in [-0.2, 0) is 0 Å². The van der Waals surface area contributed by atoms with Gasteiger partial charge in [0, 0.05) is 20.3 Å². The Balaban J connectivity index is 1.97. The Bertz CT molecular complexity index is 957. The lowest BCUT2D eigenvalue weighted by molar-refractivity contribution is 1.29. The molecule has 0 aliphatic rings. The van der Waals surface area contributed by atoms with E-state index in [0.717, 1.165) is 11.4 Å². The van der Waals surface area contributed by atoms with Crippen molar-refractivity contribution in [1.82, 2.24) is 0 Å². The van der Waals surface area contributed by atoms with Crippen LogP contribution in [0, 0.1) is 3.57 Å². The second-order valence-corrected chi connectivity index (χ2v) is 6.89. The Kier molecular flexibility index (Phi) is 4.22. The highest BCUT2D eigenvalue weighted by molar-refractivity contribution is 14.1. The van der Waals surface area contributed by atoms with E-state index in [1.165, 1.54) is 20.0 Å². The second kappa shape index (κ2) is 6.65. The van der Waals surface area contributed by atoms with Crippen LogP contribution in [0.15, 0.2) is 97.1 Å². The van der Waals surface area contributed by atoms with Crippen LogP contribution in [0.3, 0.4) is 0 Å². The molecule has 0 amide bonds. The lowest BCUT2D eigenvalue weighted by Crippen LogP contribution is -2.10. The maximum absolute atomic E-state index is 2.34. The van der Waals surface area contributed by atoms with Gasteiger partial charge < -0.3 is 4.90 Å². The molecule has 0 aliphatic carbocycles. The molecule has 0 unspecified atom stereocenters. The van der Waals surface area contributed by atoms with Gasteiger partial charge in [0.1, 0.15) is 0 Å². The summed E-state index contributed by atoms with van der Waals surface area (Å²) in [6.07, 6.45) is 0. The summed E-state index contributed by atoms with van der Waals surface area (Å²) in [4.78, 5) is 2.32. The minimum atomic E-state index is 1.16. The molecule has 0 saturated heterocycles. The quantitative estimate of drug-likeness (QED) is 0.325. The first-order valence-corrected chi connectivity index (χ1v) is 8.99. The van der Waals surface area contributed by atoms with Gasteiger partial charge in [0.05, 0.1) is 5.69 Å². The molecule has 0 bridgehead atoms. The summed E-state index contributed by atoms with van der Waals surface area (Å²) in [6.45, 7) is 0. The van der Waals surface area contributed by atoms with Gasteiger partial charge in [-0.3, -0.25) is 0 Å². The van der Waals surface area contributed by atoms with Crippen LogP contribution >= 0.6 is 22.6 Å². The van der Waals surface area contributed by atoms with Gasteiger partial charge in [-0.2, -0.15) is 0 Å². The molecule has 2 heteroatoms. The van der Waals surface area contributed by atoms with E-state index in [2.05, 4.69) is 125 Å². The first-order valence-electron chi connectivity index (χ1n) is 7.91. The van der Waals surface area contributed by atoms with Crippen molar-refractivity contribution in [2.45, 2.75) is 0 Å². The van der Waals surface area contributed by atoms with Crippen molar-refractivity contribution in [3.8, 4) is 0 Å². The van der Waals surface area contributed by atoms with E-state index in [1.807, 2.05) is 0 Å². The van der Waals surface area contributed by atoms with E-state index >= 15 is 0 Å². The molecule has 0 heterocycles. The second-order valence-electron chi connectivity index (χ2n) is 5.65. The molecule has 0 atom stereocenters. The van der Waals surface area contributed by atoms with Crippen LogP contribution in [-0.4, -0.2) is 0 Å². The summed E-state index contributed by atoms with van der Waals surface area (Å²) >= 11 is 2.34. The van der Waals surface area contributed by atoms with Gasteiger partial charge in [-0.05, 0) is 70.4 Å². The molecular weight excluding hydrogens is 405 g/mol. The van der Waals surface area contributed by atoms with Gasteiger partial charge in [0.25, 0.3) is 0 Å². The number of fused-ring (bicyclic) bond motifs is 1. The average Bonchev–Trinajstić information content (AvgIpc) is 2.65. The van der Waals surface area contributed by atoms with E-state index in [4.69, 9.17) is 0 Å². The average molecular weight is 421 g/mol. The molecule has 24 heavy (non-hydrogen) atoms. The maximum atomic E-state index is 2.34. The molecule has 0 saturated carbocycles. The minimum Gasteiger partial charge on any atom is -0.310 e. The Hall–Kier alpha value is -2.33. The third-order valence-electron chi connectivity index (χ3n) is 4.11. The Morgan fingerprint density at radius 1 is 0.542 bits per heavy atom. The molecule has 0 spiro atoms. The topological polar surface area (TPSA) is 3.24 Å². The van der Waals surface area contributed by atoms with Gasteiger partial charge in [-0.1, -0.05) is 54.6 Å². The smallest absolute Gasteiger partial charge is 0.0540 e. The van der Waals surface area contributed by atoms with Gasteiger partial charge >= 0.3 is 0 Å². The molecule has 116 valence electrons. The van der Waals surface area contributed by atoms with Gasteiger partial charge in [-0.25, -0.2) is 0 Å². The Morgan fingerprint density at radius 3 is 1.96 bits per heavy atom. The third-order valence-corrected chi connectivity index (χ3v) is 4.83. The Labute approximate surface area is 155 Å². The number of halogens is 1. The van der Waals surface area contributed by atoms with Crippen LogP contribution in [0.1, 0.15) is 0 Å². The van der Waals surface area contributed by atoms with E-state index in [9.17, 15) is 0 Å². The van der Waals surface area contributed by atoms with Crippen molar-refractivity contribution in [2.75, 3.05) is 4.90 Å². The van der Waals surface area contributed by atoms with Crippen LogP contribution in [0.25, 0.3) is 10.8 Å². The summed E-state index contributed by atoms with van der Waals surface area (Å²) in [5, 5.41) is 2.50. The molecule has 0 N–H and O–H groups in total. The van der Waals surface area contributed by atoms with Crippen LogP contribution in [0.5, 0.6) is 0 Å². The number of rotatable bonds is 3. The predicted molar refractivity (Wildman–Crippen MR) is 111 cm³/mol. The van der Waals surface area contributed by atoms with E-state index in [0.29, 0.717) is 0 Å². The SMILES string of the molecule is Ic1ccc(N(c2ccccc2)c2cccc3ccccc23)cc1. The molecule has 4 aromatic rings. The summed E-state index contributed by atoms with van der Waals surface area (Å²) in [5.41, 5.74) is 3.52. The standard InChI is InChI=1S/C22H16IN/c23-18-13-15-20(16-14-18)24(19-9-2-1-3-10-19)22-12-6-8-17-7-4-5-11-21(17)22/h1-16H. The molecule has 4 rings (SSSR count). The van der Waals surface area contributed by atoms with Gasteiger partial charge in [0.2, 0.25) is 0 Å². The number of anilines is 3. The largest absolute Gasteiger partial charge is 0.310 e. The number of nitrogens with zero attached hydrogens (tertiary/aromatic N) is 1. The first-order chi connectivity index (χ1) is 11.8. The summed E-state index contributed by atoms with van der Waals surface area (Å²) in [7, 11) is 0. The van der Waals surface area contributed by atoms with Crippen molar-refractivity contribution < 1.29 is 0 Å². The third kappa shape index (κ3) is 2.89. The first kappa shape index (κ1) is 15.2. The van der Waals surface area contributed by atoms with Crippen LogP contribution in [0.4, 0.5) is 17.1 Å². The van der Waals surface area contributed by atoms with Crippen molar-refractivity contribution >= 4 is 50.4 Å². The van der Waals surface area contributed by atoms with Crippen LogP contribution < -0.4 is 4.90 Å². The van der Waals surface area contributed by atoms with Crippen molar-refractivity contribution in [3.05, 3.63) is 101 Å². The molecule has 0 aromatic heterocycles. The highest BCUT2D eigenvalue weighted by atomic mass is 127. The highest BCUT2D eigenvalue weighted by Crippen LogP contribution is 2.38. The monoisotopic (exact) mass is 421 g/mol. The minimum absolute atomic E-state index is 1.16. The highest BCUT2D eigenvalue weighted by Gasteiger charge is 2.14. The lowest BCUT2D eigenvalue weighted by atomic mass is 10.1. The lowest BCUT2D eigenvalue weighted by Gasteiger charge is -2.26. The van der Waals surface area contributed by atoms with Crippen molar-refractivity contribution in [3.63, 3.8) is 0 Å². The summed E-state index contributed by atoms with van der Waals surface area (Å²) < 4.78 is 1.24. The zero-order valence-electron chi connectivity index (χ0n) is 13.1. The Morgan fingerprint density at radius 2 is 1.17 bits per heavy atom. The van der Waals surface area contributed by atoms with Crippen LogP contribution in [0.2, 0.25) is 0 Å². The molecule has 0 aliphatic heterocycles. The van der Waals surface area contributed by atoms with Gasteiger partial charge in [-0.15, -0.1) is 0 Å². The molecular formula is C22H16IN.